The lowest BCUT2D eigenvalue weighted by Gasteiger charge is -2.21. The number of para-hydroxylation sites is 2. The molecule has 0 bridgehead atoms. The van der Waals surface area contributed by atoms with Crippen molar-refractivity contribution in [3.63, 3.8) is 0 Å². The maximum Gasteiger partial charge on any atom is 0.231 e. The van der Waals surface area contributed by atoms with Crippen molar-refractivity contribution in [3.8, 4) is 11.5 Å². The molecule has 1 aliphatic heterocycles. The summed E-state index contributed by atoms with van der Waals surface area (Å²) in [5, 5.41) is 3.17. The van der Waals surface area contributed by atoms with Gasteiger partial charge in [-0.05, 0) is 35.4 Å². The van der Waals surface area contributed by atoms with E-state index in [1.54, 1.807) is 0 Å². The van der Waals surface area contributed by atoms with Crippen LogP contribution in [0.3, 0.4) is 0 Å². The third-order valence-corrected chi connectivity index (χ3v) is 5.96. The van der Waals surface area contributed by atoms with E-state index in [2.05, 4.69) is 38.2 Å². The van der Waals surface area contributed by atoms with E-state index in [1.165, 1.54) is 0 Å². The molecule has 1 aliphatic rings. The van der Waals surface area contributed by atoms with E-state index in [1.807, 2.05) is 24.3 Å². The number of nitrogens with one attached hydrogen (secondary N) is 1. The molecule has 0 saturated heterocycles. The highest BCUT2D eigenvalue weighted by atomic mass is 35.5. The highest BCUT2D eigenvalue weighted by Crippen LogP contribution is 2.42. The molecule has 0 radical (unpaired) electrons. The van der Waals surface area contributed by atoms with Crippen LogP contribution in [0.1, 0.15) is 81.4 Å². The van der Waals surface area contributed by atoms with Gasteiger partial charge < -0.3 is 14.8 Å². The number of benzene rings is 2. The van der Waals surface area contributed by atoms with Gasteiger partial charge in [-0.2, -0.15) is 0 Å². The van der Waals surface area contributed by atoms with Crippen LogP contribution < -0.4 is 14.8 Å². The Hall–Kier alpha value is -2.20. The molecular weight excluding hydrogens is 398 g/mol. The second-order valence-corrected chi connectivity index (χ2v) is 8.46. The van der Waals surface area contributed by atoms with Crippen molar-refractivity contribution in [2.45, 2.75) is 70.6 Å². The minimum absolute atomic E-state index is 0.00693. The molecule has 1 unspecified atom stereocenters. The Balaban J connectivity index is 1.82. The van der Waals surface area contributed by atoms with Crippen molar-refractivity contribution >= 4 is 23.2 Å². The number of halogens is 1. The Morgan fingerprint density at radius 3 is 2.60 bits per heavy atom. The third kappa shape index (κ3) is 5.28. The minimum atomic E-state index is 0.00693. The molecule has 0 saturated carbocycles. The number of rotatable bonds is 10. The van der Waals surface area contributed by atoms with Crippen LogP contribution in [0.2, 0.25) is 0 Å². The summed E-state index contributed by atoms with van der Waals surface area (Å²) in [7, 11) is 0. The average molecular weight is 430 g/mol. The van der Waals surface area contributed by atoms with E-state index in [0.717, 1.165) is 59.6 Å². The fourth-order valence-electron chi connectivity index (χ4n) is 4.06. The fraction of sp³-hybridized carbons (Fsp3) is 0.480. The summed E-state index contributed by atoms with van der Waals surface area (Å²) < 4.78 is 11.3. The first-order valence-corrected chi connectivity index (χ1v) is 11.4. The van der Waals surface area contributed by atoms with Crippen LogP contribution in [-0.4, -0.2) is 12.7 Å². The predicted octanol–water partition coefficient (Wildman–Crippen LogP) is 6.97. The van der Waals surface area contributed by atoms with Crippen molar-refractivity contribution in [1.82, 2.24) is 0 Å². The highest BCUT2D eigenvalue weighted by Gasteiger charge is 2.25. The zero-order chi connectivity index (χ0) is 21.5. The molecule has 30 heavy (non-hydrogen) atoms. The normalized spacial score (nSPS) is 13.5. The highest BCUT2D eigenvalue weighted by molar-refractivity contribution is 6.17. The number of carbonyl (C=O) groups excluding carboxylic acids is 1. The van der Waals surface area contributed by atoms with Crippen molar-refractivity contribution in [3.05, 3.63) is 53.1 Å². The Morgan fingerprint density at radius 1 is 1.10 bits per heavy atom. The number of fused-ring (bicyclic) bond motifs is 1. The Kier molecular flexibility index (Phi) is 8.03. The lowest BCUT2D eigenvalue weighted by molar-refractivity contribution is -0.116. The van der Waals surface area contributed by atoms with Crippen molar-refractivity contribution in [2.24, 2.45) is 0 Å². The number of anilines is 1. The Morgan fingerprint density at radius 2 is 1.87 bits per heavy atom. The molecule has 0 aromatic heterocycles. The molecule has 1 N–H and O–H groups in total. The van der Waals surface area contributed by atoms with Crippen LogP contribution in [0.4, 0.5) is 5.69 Å². The topological polar surface area (TPSA) is 47.6 Å². The molecule has 3 rings (SSSR count). The van der Waals surface area contributed by atoms with Crippen LogP contribution in [0.25, 0.3) is 0 Å². The molecule has 2 aromatic carbocycles. The van der Waals surface area contributed by atoms with Gasteiger partial charge in [-0.15, -0.1) is 11.6 Å². The number of unbranched alkanes of at least 4 members (excludes halogenated alkanes) is 2. The molecule has 2 aromatic rings. The van der Waals surface area contributed by atoms with E-state index >= 15 is 0 Å². The number of carbonyl (C=O) groups is 1. The lowest BCUT2D eigenvalue weighted by atomic mass is 9.89. The van der Waals surface area contributed by atoms with E-state index in [0.29, 0.717) is 18.2 Å². The first-order chi connectivity index (χ1) is 14.5. The van der Waals surface area contributed by atoms with E-state index in [4.69, 9.17) is 21.1 Å². The molecule has 4 nitrogen and oxygen atoms in total. The summed E-state index contributed by atoms with van der Waals surface area (Å²) in [5.41, 5.74) is 3.99. The smallest absolute Gasteiger partial charge is 0.231 e. The summed E-state index contributed by atoms with van der Waals surface area (Å²) in [6.07, 6.45) is 4.71. The fourth-order valence-corrected chi connectivity index (χ4v) is 4.28. The van der Waals surface area contributed by atoms with Gasteiger partial charge in [0, 0.05) is 23.6 Å². The van der Waals surface area contributed by atoms with Gasteiger partial charge in [0.2, 0.25) is 12.7 Å². The maximum atomic E-state index is 13.1. The van der Waals surface area contributed by atoms with Crippen LogP contribution >= 0.6 is 11.6 Å². The quantitative estimate of drug-likeness (QED) is 0.327. The SMILES string of the molecule is CCCCCC(CC(=O)Nc1c(CCl)cccc1C(C)C)c1cccc2c1OCO2. The van der Waals surface area contributed by atoms with E-state index in [-0.39, 0.29) is 18.6 Å². The van der Waals surface area contributed by atoms with Gasteiger partial charge in [0.25, 0.3) is 0 Å². The van der Waals surface area contributed by atoms with Crippen molar-refractivity contribution in [2.75, 3.05) is 12.1 Å². The second kappa shape index (κ2) is 10.7. The number of hydrogen-bond acceptors (Lipinski definition) is 3. The summed E-state index contributed by atoms with van der Waals surface area (Å²) in [4.78, 5) is 13.1. The lowest BCUT2D eigenvalue weighted by Crippen LogP contribution is -2.18. The van der Waals surface area contributed by atoms with Crippen molar-refractivity contribution < 1.29 is 14.3 Å². The minimum Gasteiger partial charge on any atom is -0.454 e. The average Bonchev–Trinajstić information content (AvgIpc) is 3.22. The molecule has 5 heteroatoms. The van der Waals surface area contributed by atoms with Gasteiger partial charge >= 0.3 is 0 Å². The van der Waals surface area contributed by atoms with Crippen molar-refractivity contribution in [1.29, 1.82) is 0 Å². The second-order valence-electron chi connectivity index (χ2n) is 8.20. The molecule has 1 heterocycles. The van der Waals surface area contributed by atoms with Crippen LogP contribution in [0.15, 0.2) is 36.4 Å². The molecule has 162 valence electrons. The van der Waals surface area contributed by atoms with Gasteiger partial charge in [-0.3, -0.25) is 4.79 Å². The van der Waals surface area contributed by atoms with Gasteiger partial charge in [-0.25, -0.2) is 0 Å². The molecule has 0 fully saturated rings. The predicted molar refractivity (Wildman–Crippen MR) is 123 cm³/mol. The Labute approximate surface area is 184 Å². The zero-order valence-electron chi connectivity index (χ0n) is 18.2. The van der Waals surface area contributed by atoms with Gasteiger partial charge in [0.05, 0.1) is 0 Å². The van der Waals surface area contributed by atoms with Crippen LogP contribution in [0, 0.1) is 0 Å². The summed E-state index contributed by atoms with van der Waals surface area (Å²) >= 11 is 6.16. The summed E-state index contributed by atoms with van der Waals surface area (Å²) in [6.45, 7) is 6.68. The Bertz CT molecular complexity index is 865. The summed E-state index contributed by atoms with van der Waals surface area (Å²) in [6, 6.07) is 12.0. The standard InChI is InChI=1S/C25H32ClNO3/c1-4-5-6-9-18(21-12-8-13-22-25(21)30-16-29-22)14-23(28)27-24-19(15-26)10-7-11-20(24)17(2)3/h7-8,10-13,17-18H,4-6,9,14-16H2,1-3H3,(H,27,28). The third-order valence-electron chi connectivity index (χ3n) is 5.67. The number of amides is 1. The first-order valence-electron chi connectivity index (χ1n) is 10.9. The summed E-state index contributed by atoms with van der Waals surface area (Å²) in [5.74, 6) is 2.31. The first kappa shape index (κ1) is 22.5. The molecular formula is C25H32ClNO3. The van der Waals surface area contributed by atoms with Gasteiger partial charge in [-0.1, -0.05) is 70.4 Å². The zero-order valence-corrected chi connectivity index (χ0v) is 18.9. The molecule has 0 spiro atoms. The van der Waals surface area contributed by atoms with E-state index < -0.39 is 0 Å². The van der Waals surface area contributed by atoms with Gasteiger partial charge in [0.1, 0.15) is 0 Å². The largest absolute Gasteiger partial charge is 0.454 e. The number of ether oxygens (including phenoxy) is 2. The molecule has 1 amide bonds. The number of alkyl halides is 1. The van der Waals surface area contributed by atoms with Gasteiger partial charge in [0.15, 0.2) is 11.5 Å². The molecule has 0 aliphatic carbocycles. The van der Waals surface area contributed by atoms with E-state index in [9.17, 15) is 4.79 Å². The number of hydrogen-bond donors (Lipinski definition) is 1. The maximum absolute atomic E-state index is 13.1. The molecule has 1 atom stereocenters. The monoisotopic (exact) mass is 429 g/mol. The van der Waals surface area contributed by atoms with Crippen LogP contribution in [-0.2, 0) is 10.7 Å². The van der Waals surface area contributed by atoms with Crippen LogP contribution in [0.5, 0.6) is 11.5 Å².